The van der Waals surface area contributed by atoms with E-state index in [0.29, 0.717) is 25.6 Å². The molecule has 1 fully saturated rings. The second-order valence-corrected chi connectivity index (χ2v) is 6.84. The fraction of sp³-hybridized carbons (Fsp3) is 1.00. The van der Waals surface area contributed by atoms with Crippen LogP contribution in [-0.4, -0.2) is 51.3 Å². The zero-order chi connectivity index (χ0) is 12.9. The molecule has 1 aliphatic rings. The van der Waals surface area contributed by atoms with Crippen LogP contribution in [0.15, 0.2) is 0 Å². The number of nitrogens with one attached hydrogen (secondary N) is 1. The molecular formula is C11H25N3O2S. The third-order valence-corrected chi connectivity index (χ3v) is 4.72. The quantitative estimate of drug-likeness (QED) is 0.580. The Labute approximate surface area is 105 Å². The van der Waals surface area contributed by atoms with Crippen LogP contribution in [0.5, 0.6) is 0 Å². The topological polar surface area (TPSA) is 75.4 Å². The molecule has 1 aliphatic carbocycles. The summed E-state index contributed by atoms with van der Waals surface area (Å²) in [6.45, 7) is 3.11. The average molecular weight is 263 g/mol. The first-order chi connectivity index (χ1) is 7.96. The van der Waals surface area contributed by atoms with Gasteiger partial charge in [0.15, 0.2) is 0 Å². The second-order valence-electron chi connectivity index (χ2n) is 4.91. The number of hydrogen-bond donors (Lipinski definition) is 2. The predicted octanol–water partition coefficient (Wildman–Crippen LogP) is 0.127. The molecule has 0 radical (unpaired) electrons. The minimum atomic E-state index is -3.12. The van der Waals surface area contributed by atoms with Crippen LogP contribution < -0.4 is 10.5 Å². The smallest absolute Gasteiger partial charge is 0.211 e. The zero-order valence-electron chi connectivity index (χ0n) is 10.9. The standard InChI is InChI=1S/C11H25N3O2S/c1-10(14(2)11-5-6-11)9-13-17(15,16)8-4-3-7-12/h10-11,13H,3-9,12H2,1-2H3. The molecule has 0 aliphatic heterocycles. The molecule has 0 aromatic rings. The Morgan fingerprint density at radius 2 is 2.06 bits per heavy atom. The number of nitrogens with two attached hydrogens (primary N) is 1. The SMILES string of the molecule is CC(CNS(=O)(=O)CCCCN)N(C)C1CC1. The van der Waals surface area contributed by atoms with Crippen LogP contribution in [0.2, 0.25) is 0 Å². The van der Waals surface area contributed by atoms with Gasteiger partial charge in [0.25, 0.3) is 0 Å². The summed E-state index contributed by atoms with van der Waals surface area (Å²) < 4.78 is 26.0. The van der Waals surface area contributed by atoms with E-state index in [1.54, 1.807) is 0 Å². The lowest BCUT2D eigenvalue weighted by Gasteiger charge is -2.24. The zero-order valence-corrected chi connectivity index (χ0v) is 11.7. The van der Waals surface area contributed by atoms with Crippen LogP contribution in [0.3, 0.4) is 0 Å². The van der Waals surface area contributed by atoms with Crippen molar-refractivity contribution in [1.82, 2.24) is 9.62 Å². The molecule has 1 saturated carbocycles. The van der Waals surface area contributed by atoms with Gasteiger partial charge in [-0.2, -0.15) is 0 Å². The van der Waals surface area contributed by atoms with E-state index >= 15 is 0 Å². The van der Waals surface area contributed by atoms with Crippen molar-refractivity contribution < 1.29 is 8.42 Å². The largest absolute Gasteiger partial charge is 0.330 e. The van der Waals surface area contributed by atoms with Gasteiger partial charge in [-0.1, -0.05) is 0 Å². The van der Waals surface area contributed by atoms with Gasteiger partial charge < -0.3 is 5.73 Å². The molecule has 6 heteroatoms. The molecule has 0 aromatic carbocycles. The van der Waals surface area contributed by atoms with Crippen LogP contribution in [0.1, 0.15) is 32.6 Å². The maximum absolute atomic E-state index is 11.6. The highest BCUT2D eigenvalue weighted by atomic mass is 32.2. The van der Waals surface area contributed by atoms with E-state index in [2.05, 4.69) is 23.6 Å². The Morgan fingerprint density at radius 3 is 2.59 bits per heavy atom. The molecule has 102 valence electrons. The number of likely N-dealkylation sites (N-methyl/N-ethyl adjacent to an activating group) is 1. The first-order valence-corrected chi connectivity index (χ1v) is 8.01. The number of rotatable bonds is 9. The van der Waals surface area contributed by atoms with Crippen molar-refractivity contribution >= 4 is 10.0 Å². The molecule has 5 nitrogen and oxygen atoms in total. The highest BCUT2D eigenvalue weighted by molar-refractivity contribution is 7.89. The molecule has 0 bridgehead atoms. The van der Waals surface area contributed by atoms with Gasteiger partial charge in [0.05, 0.1) is 5.75 Å². The monoisotopic (exact) mass is 263 g/mol. The molecule has 0 heterocycles. The van der Waals surface area contributed by atoms with Crippen molar-refractivity contribution in [1.29, 1.82) is 0 Å². The molecule has 3 N–H and O–H groups in total. The minimum absolute atomic E-state index is 0.185. The summed E-state index contributed by atoms with van der Waals surface area (Å²) in [5, 5.41) is 0. The molecule has 1 rings (SSSR count). The Balaban J connectivity index is 2.23. The summed E-state index contributed by atoms with van der Waals surface area (Å²) in [4.78, 5) is 2.25. The van der Waals surface area contributed by atoms with E-state index in [9.17, 15) is 8.42 Å². The van der Waals surface area contributed by atoms with Gasteiger partial charge in [0.1, 0.15) is 0 Å². The third-order valence-electron chi connectivity index (χ3n) is 3.28. The summed E-state index contributed by atoms with van der Waals surface area (Å²) in [5.74, 6) is 0.185. The van der Waals surface area contributed by atoms with Crippen LogP contribution >= 0.6 is 0 Å². The molecule has 1 atom stereocenters. The van der Waals surface area contributed by atoms with E-state index in [-0.39, 0.29) is 11.8 Å². The molecule has 0 amide bonds. The second kappa shape index (κ2) is 6.68. The molecule has 0 spiro atoms. The van der Waals surface area contributed by atoms with Crippen molar-refractivity contribution in [3.63, 3.8) is 0 Å². The van der Waals surface area contributed by atoms with Crippen molar-refractivity contribution in [2.45, 2.75) is 44.7 Å². The van der Waals surface area contributed by atoms with Crippen molar-refractivity contribution in [2.24, 2.45) is 5.73 Å². The Bertz CT molecular complexity index is 315. The van der Waals surface area contributed by atoms with Gasteiger partial charge in [-0.05, 0) is 46.2 Å². The summed E-state index contributed by atoms with van der Waals surface area (Å²) in [5.41, 5.74) is 5.34. The molecule has 1 unspecified atom stereocenters. The van der Waals surface area contributed by atoms with Gasteiger partial charge in [-0.25, -0.2) is 13.1 Å². The fourth-order valence-electron chi connectivity index (χ4n) is 1.74. The highest BCUT2D eigenvalue weighted by Gasteiger charge is 2.29. The molecular weight excluding hydrogens is 238 g/mol. The Morgan fingerprint density at radius 1 is 1.41 bits per heavy atom. The lowest BCUT2D eigenvalue weighted by Crippen LogP contribution is -2.41. The van der Waals surface area contributed by atoms with Crippen molar-refractivity contribution in [3.8, 4) is 0 Å². The number of nitrogens with zero attached hydrogens (tertiary/aromatic N) is 1. The van der Waals surface area contributed by atoms with Gasteiger partial charge in [0.2, 0.25) is 10.0 Å². The van der Waals surface area contributed by atoms with Crippen molar-refractivity contribution in [3.05, 3.63) is 0 Å². The summed E-state index contributed by atoms with van der Waals surface area (Å²) in [6, 6.07) is 0.915. The van der Waals surface area contributed by atoms with E-state index in [1.807, 2.05) is 0 Å². The van der Waals surface area contributed by atoms with Crippen LogP contribution in [0.25, 0.3) is 0 Å². The normalized spacial score (nSPS) is 18.6. The predicted molar refractivity (Wildman–Crippen MR) is 70.3 cm³/mol. The van der Waals surface area contributed by atoms with E-state index < -0.39 is 10.0 Å². The Hall–Kier alpha value is -0.170. The number of hydrogen-bond acceptors (Lipinski definition) is 4. The lowest BCUT2D eigenvalue weighted by molar-refractivity contribution is 0.248. The van der Waals surface area contributed by atoms with E-state index in [1.165, 1.54) is 12.8 Å². The van der Waals surface area contributed by atoms with E-state index in [0.717, 1.165) is 6.42 Å². The van der Waals surface area contributed by atoms with Gasteiger partial charge in [-0.3, -0.25) is 4.90 Å². The molecule has 17 heavy (non-hydrogen) atoms. The highest BCUT2D eigenvalue weighted by Crippen LogP contribution is 2.26. The summed E-state index contributed by atoms with van der Waals surface area (Å²) in [6.07, 6.45) is 3.88. The molecule has 0 saturated heterocycles. The summed E-state index contributed by atoms with van der Waals surface area (Å²) >= 11 is 0. The number of unbranched alkanes of at least 4 members (excludes halogenated alkanes) is 1. The molecule has 0 aromatic heterocycles. The summed E-state index contributed by atoms with van der Waals surface area (Å²) in [7, 11) is -1.06. The average Bonchev–Trinajstić information content (AvgIpc) is 3.09. The maximum atomic E-state index is 11.6. The van der Waals surface area contributed by atoms with Crippen LogP contribution in [0.4, 0.5) is 0 Å². The first-order valence-electron chi connectivity index (χ1n) is 6.35. The van der Waals surface area contributed by atoms with Crippen molar-refractivity contribution in [2.75, 3.05) is 25.9 Å². The van der Waals surface area contributed by atoms with E-state index in [4.69, 9.17) is 5.73 Å². The minimum Gasteiger partial charge on any atom is -0.330 e. The number of sulfonamides is 1. The van der Waals surface area contributed by atoms with Gasteiger partial charge in [0, 0.05) is 18.6 Å². The maximum Gasteiger partial charge on any atom is 0.211 e. The van der Waals surface area contributed by atoms with Gasteiger partial charge >= 0.3 is 0 Å². The fourth-order valence-corrected chi connectivity index (χ4v) is 2.97. The van der Waals surface area contributed by atoms with Gasteiger partial charge in [-0.15, -0.1) is 0 Å². The van der Waals surface area contributed by atoms with Crippen LogP contribution in [-0.2, 0) is 10.0 Å². The third kappa shape index (κ3) is 5.81. The lowest BCUT2D eigenvalue weighted by atomic mass is 10.3. The first kappa shape index (κ1) is 14.9. The Kier molecular flexibility index (Phi) is 5.85. The van der Waals surface area contributed by atoms with Crippen LogP contribution in [0, 0.1) is 0 Å².